The SMILES string of the molecule is CCN(Cn1nc(-c2cccc(Cl)c2)oc1=S)C1CCS(=O)(=O)C1. The smallest absolute Gasteiger partial charge is 0.288 e. The van der Waals surface area contributed by atoms with Gasteiger partial charge in [0.1, 0.15) is 0 Å². The molecule has 1 atom stereocenters. The van der Waals surface area contributed by atoms with Crippen molar-refractivity contribution in [3.63, 3.8) is 0 Å². The van der Waals surface area contributed by atoms with Crippen molar-refractivity contribution in [1.82, 2.24) is 14.7 Å². The fourth-order valence-electron chi connectivity index (χ4n) is 2.84. The van der Waals surface area contributed by atoms with Crippen LogP contribution in [0.3, 0.4) is 0 Å². The quantitative estimate of drug-likeness (QED) is 0.734. The molecule has 0 radical (unpaired) electrons. The number of nitrogens with zero attached hydrogens (tertiary/aromatic N) is 3. The van der Waals surface area contributed by atoms with Crippen molar-refractivity contribution in [2.45, 2.75) is 26.1 Å². The summed E-state index contributed by atoms with van der Waals surface area (Å²) in [5, 5.41) is 5.00. The molecule has 9 heteroatoms. The molecule has 1 unspecified atom stereocenters. The molecule has 0 aliphatic carbocycles. The van der Waals surface area contributed by atoms with Gasteiger partial charge in [0.05, 0.1) is 18.2 Å². The van der Waals surface area contributed by atoms with Crippen LogP contribution in [0, 0.1) is 4.84 Å². The van der Waals surface area contributed by atoms with E-state index >= 15 is 0 Å². The monoisotopic (exact) mass is 387 g/mol. The van der Waals surface area contributed by atoms with E-state index in [2.05, 4.69) is 10.00 Å². The van der Waals surface area contributed by atoms with E-state index in [1.54, 1.807) is 16.8 Å². The number of rotatable bonds is 5. The van der Waals surface area contributed by atoms with Crippen LogP contribution in [0.25, 0.3) is 11.5 Å². The number of hydrogen-bond acceptors (Lipinski definition) is 6. The summed E-state index contributed by atoms with van der Waals surface area (Å²) in [4.78, 5) is 2.31. The van der Waals surface area contributed by atoms with Crippen molar-refractivity contribution in [2.75, 3.05) is 18.1 Å². The summed E-state index contributed by atoms with van der Waals surface area (Å²) in [7, 11) is -2.93. The average Bonchev–Trinajstić information content (AvgIpc) is 3.07. The Hall–Kier alpha value is -1.22. The van der Waals surface area contributed by atoms with Crippen LogP contribution in [0.4, 0.5) is 0 Å². The molecule has 0 saturated carbocycles. The Morgan fingerprint density at radius 2 is 2.29 bits per heavy atom. The normalized spacial score (nSPS) is 19.9. The van der Waals surface area contributed by atoms with Gasteiger partial charge in [0, 0.05) is 16.6 Å². The van der Waals surface area contributed by atoms with Gasteiger partial charge in [-0.25, -0.2) is 13.1 Å². The Labute approximate surface area is 150 Å². The third-order valence-corrected chi connectivity index (χ3v) is 6.40. The van der Waals surface area contributed by atoms with Crippen LogP contribution in [0.1, 0.15) is 13.3 Å². The molecule has 0 bridgehead atoms. The van der Waals surface area contributed by atoms with E-state index in [1.165, 1.54) is 0 Å². The number of benzene rings is 1. The zero-order chi connectivity index (χ0) is 17.3. The first-order valence-corrected chi connectivity index (χ1v) is 10.3. The highest BCUT2D eigenvalue weighted by molar-refractivity contribution is 7.91. The zero-order valence-electron chi connectivity index (χ0n) is 13.2. The van der Waals surface area contributed by atoms with Gasteiger partial charge in [0.2, 0.25) is 5.89 Å². The lowest BCUT2D eigenvalue weighted by atomic mass is 10.2. The number of halogens is 1. The van der Waals surface area contributed by atoms with Gasteiger partial charge < -0.3 is 4.42 Å². The number of aromatic nitrogens is 2. The van der Waals surface area contributed by atoms with Gasteiger partial charge in [-0.2, -0.15) is 0 Å². The van der Waals surface area contributed by atoms with Crippen molar-refractivity contribution in [3.05, 3.63) is 34.1 Å². The average molecular weight is 388 g/mol. The van der Waals surface area contributed by atoms with Crippen molar-refractivity contribution in [2.24, 2.45) is 0 Å². The van der Waals surface area contributed by atoms with Crippen LogP contribution in [-0.4, -0.2) is 47.2 Å². The van der Waals surface area contributed by atoms with Crippen molar-refractivity contribution in [1.29, 1.82) is 0 Å². The predicted molar refractivity (Wildman–Crippen MR) is 95.2 cm³/mol. The Balaban J connectivity index is 1.81. The maximum Gasteiger partial charge on any atom is 0.288 e. The summed E-state index contributed by atoms with van der Waals surface area (Å²) in [6.45, 7) is 3.10. The molecule has 24 heavy (non-hydrogen) atoms. The van der Waals surface area contributed by atoms with Gasteiger partial charge >= 0.3 is 0 Å². The minimum Gasteiger partial charge on any atom is -0.409 e. The van der Waals surface area contributed by atoms with E-state index in [0.717, 1.165) is 5.56 Å². The molecule has 1 aromatic carbocycles. The van der Waals surface area contributed by atoms with Crippen LogP contribution in [0.2, 0.25) is 5.02 Å². The standard InChI is InChI=1S/C15H18ClN3O3S2/c1-2-18(13-6-7-24(20,21)9-13)10-19-15(23)22-14(17-19)11-4-3-5-12(16)8-11/h3-5,8,13H,2,6-7,9-10H2,1H3. The molecular weight excluding hydrogens is 370 g/mol. The van der Waals surface area contributed by atoms with E-state index in [1.807, 2.05) is 19.1 Å². The molecular formula is C15H18ClN3O3S2. The lowest BCUT2D eigenvalue weighted by Gasteiger charge is -2.25. The van der Waals surface area contributed by atoms with Crippen molar-refractivity contribution < 1.29 is 12.8 Å². The molecule has 2 aromatic rings. The molecule has 0 spiro atoms. The van der Waals surface area contributed by atoms with E-state index in [-0.39, 0.29) is 22.4 Å². The van der Waals surface area contributed by atoms with E-state index in [4.69, 9.17) is 28.2 Å². The molecule has 1 saturated heterocycles. The summed E-state index contributed by atoms with van der Waals surface area (Å²) < 4.78 is 30.6. The summed E-state index contributed by atoms with van der Waals surface area (Å²) in [5.74, 6) is 0.830. The third-order valence-electron chi connectivity index (χ3n) is 4.12. The van der Waals surface area contributed by atoms with Crippen molar-refractivity contribution >= 4 is 33.7 Å². The Kier molecular flexibility index (Phi) is 5.10. The molecule has 6 nitrogen and oxygen atoms in total. The minimum absolute atomic E-state index is 0.00628. The zero-order valence-corrected chi connectivity index (χ0v) is 15.6. The first-order valence-electron chi connectivity index (χ1n) is 7.66. The summed E-state index contributed by atoms with van der Waals surface area (Å²) in [6.07, 6.45) is 0.641. The molecule has 3 rings (SSSR count). The van der Waals surface area contributed by atoms with Gasteiger partial charge in [-0.05, 0) is 43.4 Å². The number of sulfone groups is 1. The second-order valence-corrected chi connectivity index (χ2v) is 8.80. The largest absolute Gasteiger partial charge is 0.409 e. The Bertz CT molecular complexity index is 891. The molecule has 0 N–H and O–H groups in total. The minimum atomic E-state index is -2.93. The van der Waals surface area contributed by atoms with E-state index in [9.17, 15) is 8.42 Å². The van der Waals surface area contributed by atoms with Crippen LogP contribution in [0.15, 0.2) is 28.7 Å². The number of hydrogen-bond donors (Lipinski definition) is 0. The lowest BCUT2D eigenvalue weighted by molar-refractivity contribution is 0.162. The second-order valence-electron chi connectivity index (χ2n) is 5.79. The Morgan fingerprint density at radius 1 is 1.50 bits per heavy atom. The van der Waals surface area contributed by atoms with Crippen molar-refractivity contribution in [3.8, 4) is 11.5 Å². The molecule has 130 valence electrons. The topological polar surface area (TPSA) is 68.3 Å². The van der Waals surface area contributed by atoms with Gasteiger partial charge in [-0.3, -0.25) is 4.90 Å². The van der Waals surface area contributed by atoms with Gasteiger partial charge in [0.25, 0.3) is 4.84 Å². The first-order chi connectivity index (χ1) is 11.4. The maximum absolute atomic E-state index is 11.7. The van der Waals surface area contributed by atoms with E-state index < -0.39 is 9.84 Å². The highest BCUT2D eigenvalue weighted by atomic mass is 35.5. The van der Waals surface area contributed by atoms with E-state index in [0.29, 0.717) is 30.5 Å². The van der Waals surface area contributed by atoms with Gasteiger partial charge in [-0.15, -0.1) is 5.10 Å². The molecule has 1 aliphatic rings. The molecule has 1 aromatic heterocycles. The summed E-state index contributed by atoms with van der Waals surface area (Å²) in [5.41, 5.74) is 0.749. The van der Waals surface area contributed by atoms with Gasteiger partial charge in [-0.1, -0.05) is 24.6 Å². The second kappa shape index (κ2) is 6.95. The fourth-order valence-corrected chi connectivity index (χ4v) is 4.97. The molecule has 0 amide bonds. The fraction of sp³-hybridized carbons (Fsp3) is 0.467. The first kappa shape index (κ1) is 17.6. The predicted octanol–water partition coefficient (Wildman–Crippen LogP) is 2.99. The van der Waals surface area contributed by atoms with Crippen LogP contribution in [0.5, 0.6) is 0 Å². The summed E-state index contributed by atoms with van der Waals surface area (Å²) in [6, 6.07) is 7.19. The summed E-state index contributed by atoms with van der Waals surface area (Å²) >= 11 is 11.2. The maximum atomic E-state index is 11.7. The van der Waals surface area contributed by atoms with Crippen LogP contribution < -0.4 is 0 Å². The molecule has 1 fully saturated rings. The molecule has 1 aliphatic heterocycles. The highest BCUT2D eigenvalue weighted by Crippen LogP contribution is 2.22. The van der Waals surface area contributed by atoms with Gasteiger partial charge in [0.15, 0.2) is 9.84 Å². The molecule has 2 heterocycles. The van der Waals surface area contributed by atoms with Crippen LogP contribution in [-0.2, 0) is 16.5 Å². The Morgan fingerprint density at radius 3 is 2.92 bits per heavy atom. The van der Waals surface area contributed by atoms with Crippen LogP contribution >= 0.6 is 23.8 Å². The lowest BCUT2D eigenvalue weighted by Crippen LogP contribution is -2.37. The highest BCUT2D eigenvalue weighted by Gasteiger charge is 2.32. The third kappa shape index (κ3) is 3.88.